The molecule has 0 atom stereocenters. The van der Waals surface area contributed by atoms with Gasteiger partial charge in [-0.2, -0.15) is 5.10 Å². The summed E-state index contributed by atoms with van der Waals surface area (Å²) in [5.41, 5.74) is 2.19. The van der Waals surface area contributed by atoms with Gasteiger partial charge in [0.2, 0.25) is 5.91 Å². The van der Waals surface area contributed by atoms with E-state index in [1.807, 2.05) is 9.58 Å². The van der Waals surface area contributed by atoms with Crippen molar-refractivity contribution in [2.24, 2.45) is 0 Å². The highest BCUT2D eigenvalue weighted by molar-refractivity contribution is 5.76. The van der Waals surface area contributed by atoms with Crippen LogP contribution < -0.4 is 0 Å². The molecular weight excluding hydrogens is 230 g/mol. The first-order chi connectivity index (χ1) is 8.74. The summed E-state index contributed by atoms with van der Waals surface area (Å²) < 4.78 is 7.09. The van der Waals surface area contributed by atoms with Crippen molar-refractivity contribution in [3.8, 4) is 0 Å². The second-order valence-electron chi connectivity index (χ2n) is 4.48. The van der Waals surface area contributed by atoms with Crippen LogP contribution in [0.2, 0.25) is 0 Å². The van der Waals surface area contributed by atoms with Crippen molar-refractivity contribution >= 4 is 5.91 Å². The maximum absolute atomic E-state index is 12.1. The minimum absolute atomic E-state index is 0.138. The Morgan fingerprint density at radius 3 is 2.67 bits per heavy atom. The number of ether oxygens (including phenoxy) is 1. The molecule has 1 saturated heterocycles. The molecule has 2 heterocycles. The van der Waals surface area contributed by atoms with Gasteiger partial charge in [-0.05, 0) is 18.9 Å². The van der Waals surface area contributed by atoms with Crippen LogP contribution in [0.3, 0.4) is 0 Å². The zero-order valence-electron chi connectivity index (χ0n) is 11.2. The molecule has 100 valence electrons. The van der Waals surface area contributed by atoms with Gasteiger partial charge in [0, 0.05) is 18.8 Å². The normalized spacial score (nSPS) is 16.0. The number of morpholine rings is 1. The summed E-state index contributed by atoms with van der Waals surface area (Å²) in [5, 5.41) is 4.47. The van der Waals surface area contributed by atoms with Crippen LogP contribution in [0.4, 0.5) is 0 Å². The molecule has 0 unspecified atom stereocenters. The molecule has 0 N–H and O–H groups in total. The summed E-state index contributed by atoms with van der Waals surface area (Å²) in [6.45, 7) is 7.20. The van der Waals surface area contributed by atoms with Crippen LogP contribution in [0.15, 0.2) is 6.07 Å². The smallest absolute Gasteiger partial charge is 0.244 e. The summed E-state index contributed by atoms with van der Waals surface area (Å²) in [7, 11) is 0. The first-order valence-corrected chi connectivity index (χ1v) is 6.65. The van der Waals surface area contributed by atoms with Gasteiger partial charge in [-0.1, -0.05) is 13.8 Å². The fraction of sp³-hybridized carbons (Fsp3) is 0.692. The molecule has 0 aliphatic carbocycles. The molecule has 5 heteroatoms. The van der Waals surface area contributed by atoms with E-state index in [1.54, 1.807) is 0 Å². The second kappa shape index (κ2) is 6.00. The predicted octanol–water partition coefficient (Wildman–Crippen LogP) is 0.867. The lowest BCUT2D eigenvalue weighted by Crippen LogP contribution is -2.42. The summed E-state index contributed by atoms with van der Waals surface area (Å²) in [6, 6.07) is 2.09. The number of nitrogens with zero attached hydrogens (tertiary/aromatic N) is 3. The maximum atomic E-state index is 12.1. The SMILES string of the molecule is CCc1cc(CC)n(CC(=O)N2CCOCC2)n1. The Bertz CT molecular complexity index is 408. The molecule has 0 bridgehead atoms. The Morgan fingerprint density at radius 2 is 2.06 bits per heavy atom. The molecule has 0 spiro atoms. The first kappa shape index (κ1) is 13.1. The van der Waals surface area contributed by atoms with Crippen molar-refractivity contribution < 1.29 is 9.53 Å². The van der Waals surface area contributed by atoms with Gasteiger partial charge in [0.1, 0.15) is 6.54 Å². The standard InChI is InChI=1S/C13H21N3O2/c1-3-11-9-12(4-2)16(14-11)10-13(17)15-5-7-18-8-6-15/h9H,3-8,10H2,1-2H3. The highest BCUT2D eigenvalue weighted by atomic mass is 16.5. The average molecular weight is 251 g/mol. The minimum Gasteiger partial charge on any atom is -0.378 e. The van der Waals surface area contributed by atoms with Crippen molar-refractivity contribution in [1.82, 2.24) is 14.7 Å². The Labute approximate surface area is 108 Å². The van der Waals surface area contributed by atoms with Crippen LogP contribution >= 0.6 is 0 Å². The number of hydrogen-bond acceptors (Lipinski definition) is 3. The number of aryl methyl sites for hydroxylation is 2. The Balaban J connectivity index is 2.03. The lowest BCUT2D eigenvalue weighted by atomic mass is 10.2. The van der Waals surface area contributed by atoms with E-state index in [0.717, 1.165) is 24.2 Å². The van der Waals surface area contributed by atoms with Crippen LogP contribution in [0.5, 0.6) is 0 Å². The molecule has 5 nitrogen and oxygen atoms in total. The number of hydrogen-bond donors (Lipinski definition) is 0. The summed E-state index contributed by atoms with van der Waals surface area (Å²) in [6.07, 6.45) is 1.81. The second-order valence-corrected chi connectivity index (χ2v) is 4.48. The van der Waals surface area contributed by atoms with Crippen LogP contribution in [0.1, 0.15) is 25.2 Å². The van der Waals surface area contributed by atoms with Crippen LogP contribution in [0.25, 0.3) is 0 Å². The van der Waals surface area contributed by atoms with Gasteiger partial charge in [-0.25, -0.2) is 0 Å². The van der Waals surface area contributed by atoms with Gasteiger partial charge in [0.05, 0.1) is 18.9 Å². The highest BCUT2D eigenvalue weighted by Crippen LogP contribution is 2.08. The molecule has 1 aliphatic rings. The molecule has 2 rings (SSSR count). The van der Waals surface area contributed by atoms with Gasteiger partial charge < -0.3 is 9.64 Å². The van der Waals surface area contributed by atoms with E-state index in [-0.39, 0.29) is 5.91 Å². The number of carbonyl (C=O) groups is 1. The molecule has 1 amide bonds. The molecular formula is C13H21N3O2. The monoisotopic (exact) mass is 251 g/mol. The van der Waals surface area contributed by atoms with Crippen molar-refractivity contribution in [3.63, 3.8) is 0 Å². The van der Waals surface area contributed by atoms with E-state index < -0.39 is 0 Å². The molecule has 1 aliphatic heterocycles. The molecule has 1 fully saturated rings. The highest BCUT2D eigenvalue weighted by Gasteiger charge is 2.18. The Morgan fingerprint density at radius 1 is 1.33 bits per heavy atom. The molecule has 18 heavy (non-hydrogen) atoms. The Kier molecular flexibility index (Phi) is 4.36. The van der Waals surface area contributed by atoms with E-state index in [1.165, 1.54) is 0 Å². The average Bonchev–Trinajstić information content (AvgIpc) is 2.82. The topological polar surface area (TPSA) is 47.4 Å². The van der Waals surface area contributed by atoms with Crippen LogP contribution in [-0.2, 0) is 28.9 Å². The van der Waals surface area contributed by atoms with Gasteiger partial charge in [-0.15, -0.1) is 0 Å². The maximum Gasteiger partial charge on any atom is 0.244 e. The van der Waals surface area contributed by atoms with Gasteiger partial charge in [0.15, 0.2) is 0 Å². The zero-order chi connectivity index (χ0) is 13.0. The zero-order valence-corrected chi connectivity index (χ0v) is 11.2. The Hall–Kier alpha value is -1.36. The van der Waals surface area contributed by atoms with E-state index in [9.17, 15) is 4.79 Å². The van der Waals surface area contributed by atoms with Crippen molar-refractivity contribution in [3.05, 3.63) is 17.5 Å². The fourth-order valence-electron chi connectivity index (χ4n) is 2.15. The molecule has 0 radical (unpaired) electrons. The van der Waals surface area contributed by atoms with Crippen LogP contribution in [-0.4, -0.2) is 46.9 Å². The number of amides is 1. The number of rotatable bonds is 4. The number of aromatic nitrogens is 2. The van der Waals surface area contributed by atoms with Crippen LogP contribution in [0, 0.1) is 0 Å². The third kappa shape index (κ3) is 2.90. The van der Waals surface area contributed by atoms with Gasteiger partial charge in [0.25, 0.3) is 0 Å². The summed E-state index contributed by atoms with van der Waals surface area (Å²) in [5.74, 6) is 0.138. The quantitative estimate of drug-likeness (QED) is 0.797. The van der Waals surface area contributed by atoms with E-state index in [2.05, 4.69) is 25.0 Å². The fourth-order valence-corrected chi connectivity index (χ4v) is 2.15. The third-order valence-corrected chi connectivity index (χ3v) is 3.29. The minimum atomic E-state index is 0.138. The van der Waals surface area contributed by atoms with E-state index in [0.29, 0.717) is 32.8 Å². The third-order valence-electron chi connectivity index (χ3n) is 3.29. The van der Waals surface area contributed by atoms with E-state index >= 15 is 0 Å². The number of carbonyl (C=O) groups excluding carboxylic acids is 1. The van der Waals surface area contributed by atoms with Crippen molar-refractivity contribution in [1.29, 1.82) is 0 Å². The molecule has 0 aromatic carbocycles. The molecule has 0 saturated carbocycles. The molecule has 1 aromatic rings. The van der Waals surface area contributed by atoms with Crippen molar-refractivity contribution in [2.45, 2.75) is 33.2 Å². The lowest BCUT2D eigenvalue weighted by Gasteiger charge is -2.27. The summed E-state index contributed by atoms with van der Waals surface area (Å²) >= 11 is 0. The largest absolute Gasteiger partial charge is 0.378 e. The van der Waals surface area contributed by atoms with Gasteiger partial charge in [-0.3, -0.25) is 9.48 Å². The first-order valence-electron chi connectivity index (χ1n) is 6.65. The van der Waals surface area contributed by atoms with Crippen molar-refractivity contribution in [2.75, 3.05) is 26.3 Å². The molecule has 1 aromatic heterocycles. The lowest BCUT2D eigenvalue weighted by molar-refractivity contribution is -0.136. The summed E-state index contributed by atoms with van der Waals surface area (Å²) in [4.78, 5) is 14.0. The predicted molar refractivity (Wildman–Crippen MR) is 68.4 cm³/mol. The van der Waals surface area contributed by atoms with E-state index in [4.69, 9.17) is 4.74 Å². The van der Waals surface area contributed by atoms with Gasteiger partial charge >= 0.3 is 0 Å².